The lowest BCUT2D eigenvalue weighted by atomic mass is 10.1. The second-order valence-electron chi connectivity index (χ2n) is 5.31. The van der Waals surface area contributed by atoms with E-state index in [0.29, 0.717) is 24.2 Å². The maximum atomic E-state index is 12.7. The first kappa shape index (κ1) is 17.7. The van der Waals surface area contributed by atoms with Crippen molar-refractivity contribution in [1.29, 1.82) is 0 Å². The molecule has 2 rings (SSSR count). The molecular weight excluding hydrogens is 329 g/mol. The number of benzene rings is 1. The average Bonchev–Trinajstić information content (AvgIpc) is 2.90. The van der Waals surface area contributed by atoms with Crippen LogP contribution >= 0.6 is 0 Å². The summed E-state index contributed by atoms with van der Waals surface area (Å²) in [6.45, 7) is 0.573. The molecule has 0 saturated heterocycles. The quantitative estimate of drug-likeness (QED) is 0.639. The molecule has 0 saturated carbocycles. The van der Waals surface area contributed by atoms with Crippen molar-refractivity contribution in [3.63, 3.8) is 0 Å². The largest absolute Gasteiger partial charge is 0.447 e. The summed E-state index contributed by atoms with van der Waals surface area (Å²) >= 11 is 0. The van der Waals surface area contributed by atoms with Crippen molar-refractivity contribution in [2.45, 2.75) is 19.3 Å². The van der Waals surface area contributed by atoms with Gasteiger partial charge >= 0.3 is 6.18 Å². The Morgan fingerprint density at radius 1 is 1.38 bits per heavy atom. The molecule has 1 aromatic heterocycles. The topological polar surface area (TPSA) is 84.4 Å². The first-order chi connectivity index (χ1) is 11.2. The molecule has 7 nitrogen and oxygen atoms in total. The third-order valence-electron chi connectivity index (χ3n) is 3.03. The molecule has 0 radical (unpaired) electrons. The molecule has 0 atom stereocenters. The third-order valence-corrected chi connectivity index (χ3v) is 3.03. The fourth-order valence-electron chi connectivity index (χ4n) is 1.97. The van der Waals surface area contributed by atoms with E-state index in [2.05, 4.69) is 10.3 Å². The Balaban J connectivity index is 2.14. The highest BCUT2D eigenvalue weighted by Gasteiger charge is 2.33. The van der Waals surface area contributed by atoms with Crippen molar-refractivity contribution in [3.05, 3.63) is 51.7 Å². The molecule has 1 N–H and O–H groups in total. The number of nitrogens with one attached hydrogen (secondary N) is 1. The SMILES string of the molecule is CN(C)Cc1nc(CNc2ccc(C(F)(F)F)cc2[N+](=O)[O-])co1. The van der Waals surface area contributed by atoms with Gasteiger partial charge in [-0.3, -0.25) is 10.1 Å². The number of nitro benzene ring substituents is 1. The molecule has 0 spiro atoms. The van der Waals surface area contributed by atoms with Crippen LogP contribution < -0.4 is 5.32 Å². The number of hydrogen-bond acceptors (Lipinski definition) is 6. The highest BCUT2D eigenvalue weighted by molar-refractivity contribution is 5.63. The molecule has 0 bridgehead atoms. The summed E-state index contributed by atoms with van der Waals surface area (Å²) in [5.74, 6) is 0.471. The van der Waals surface area contributed by atoms with Gasteiger partial charge in [0.2, 0.25) is 5.89 Å². The molecule has 0 aliphatic rings. The molecule has 0 aliphatic heterocycles. The number of oxazole rings is 1. The van der Waals surface area contributed by atoms with Crippen molar-refractivity contribution in [2.24, 2.45) is 0 Å². The maximum Gasteiger partial charge on any atom is 0.416 e. The van der Waals surface area contributed by atoms with Gasteiger partial charge in [-0.05, 0) is 26.2 Å². The van der Waals surface area contributed by atoms with Crippen LogP contribution in [0.1, 0.15) is 17.1 Å². The molecule has 0 unspecified atom stereocenters. The number of aromatic nitrogens is 1. The van der Waals surface area contributed by atoms with Gasteiger partial charge in [0.25, 0.3) is 5.69 Å². The van der Waals surface area contributed by atoms with E-state index in [4.69, 9.17) is 4.42 Å². The monoisotopic (exact) mass is 344 g/mol. The van der Waals surface area contributed by atoms with Crippen LogP contribution in [0.3, 0.4) is 0 Å². The van der Waals surface area contributed by atoms with Crippen LogP contribution in [0.4, 0.5) is 24.5 Å². The van der Waals surface area contributed by atoms with Crippen LogP contribution in [-0.2, 0) is 19.3 Å². The Kier molecular flexibility index (Phi) is 5.07. The predicted octanol–water partition coefficient (Wildman–Crippen LogP) is 3.28. The third kappa shape index (κ3) is 4.44. The van der Waals surface area contributed by atoms with Gasteiger partial charge in [-0.2, -0.15) is 13.2 Å². The zero-order chi connectivity index (χ0) is 17.9. The summed E-state index contributed by atoms with van der Waals surface area (Å²) in [5.41, 5.74) is -1.26. The summed E-state index contributed by atoms with van der Waals surface area (Å²) in [5, 5.41) is 13.7. The lowest BCUT2D eigenvalue weighted by Gasteiger charge is -2.09. The van der Waals surface area contributed by atoms with Crippen LogP contribution in [0, 0.1) is 10.1 Å². The normalized spacial score (nSPS) is 11.8. The van der Waals surface area contributed by atoms with Crippen molar-refractivity contribution < 1.29 is 22.5 Å². The molecular formula is C14H15F3N4O3. The van der Waals surface area contributed by atoms with Gasteiger partial charge < -0.3 is 14.6 Å². The van der Waals surface area contributed by atoms with Gasteiger partial charge in [-0.1, -0.05) is 0 Å². The Bertz CT molecular complexity index is 728. The zero-order valence-corrected chi connectivity index (χ0v) is 12.9. The number of alkyl halides is 3. The first-order valence-electron chi connectivity index (χ1n) is 6.84. The van der Waals surface area contributed by atoms with Crippen molar-refractivity contribution in [3.8, 4) is 0 Å². The number of halogens is 3. The molecule has 1 aromatic carbocycles. The summed E-state index contributed by atoms with van der Waals surface area (Å²) in [6, 6.07) is 2.32. The molecule has 0 amide bonds. The smallest absolute Gasteiger partial charge is 0.416 e. The van der Waals surface area contributed by atoms with E-state index in [-0.39, 0.29) is 12.2 Å². The Labute approximate surface area is 135 Å². The summed E-state index contributed by atoms with van der Waals surface area (Å²) < 4.78 is 43.2. The highest BCUT2D eigenvalue weighted by atomic mass is 19.4. The molecule has 130 valence electrons. The molecule has 1 heterocycles. The van der Waals surface area contributed by atoms with Crippen LogP contribution in [0.2, 0.25) is 0 Å². The molecule has 24 heavy (non-hydrogen) atoms. The second kappa shape index (κ2) is 6.87. The summed E-state index contributed by atoms with van der Waals surface area (Å²) in [4.78, 5) is 16.2. The number of hydrogen-bond donors (Lipinski definition) is 1. The van der Waals surface area contributed by atoms with E-state index >= 15 is 0 Å². The number of rotatable bonds is 6. The summed E-state index contributed by atoms with van der Waals surface area (Å²) in [7, 11) is 3.68. The van der Waals surface area contributed by atoms with Crippen LogP contribution in [-0.4, -0.2) is 28.9 Å². The number of nitro groups is 1. The minimum absolute atomic E-state index is 0.0230. The first-order valence-corrected chi connectivity index (χ1v) is 6.84. The van der Waals surface area contributed by atoms with Crippen LogP contribution in [0.5, 0.6) is 0 Å². The standard InChI is InChI=1S/C14H15F3N4O3/c1-20(2)7-13-19-10(8-24-13)6-18-11-4-3-9(14(15,16)17)5-12(11)21(22)23/h3-5,8,18H,6-7H2,1-2H3. The summed E-state index contributed by atoms with van der Waals surface area (Å²) in [6.07, 6.45) is -3.25. The van der Waals surface area contributed by atoms with Gasteiger partial charge in [-0.15, -0.1) is 0 Å². The van der Waals surface area contributed by atoms with E-state index in [0.717, 1.165) is 12.1 Å². The van der Waals surface area contributed by atoms with Gasteiger partial charge in [0.15, 0.2) is 0 Å². The lowest BCUT2D eigenvalue weighted by molar-refractivity contribution is -0.384. The fourth-order valence-corrected chi connectivity index (χ4v) is 1.97. The van der Waals surface area contributed by atoms with E-state index in [1.165, 1.54) is 6.26 Å². The van der Waals surface area contributed by atoms with E-state index in [9.17, 15) is 23.3 Å². The van der Waals surface area contributed by atoms with Crippen molar-refractivity contribution in [1.82, 2.24) is 9.88 Å². The van der Waals surface area contributed by atoms with Gasteiger partial charge in [-0.25, -0.2) is 4.98 Å². The predicted molar refractivity (Wildman–Crippen MR) is 79.3 cm³/mol. The molecule has 10 heteroatoms. The minimum atomic E-state index is -4.64. The highest BCUT2D eigenvalue weighted by Crippen LogP contribution is 2.35. The second-order valence-corrected chi connectivity index (χ2v) is 5.31. The van der Waals surface area contributed by atoms with Crippen LogP contribution in [0.25, 0.3) is 0 Å². The van der Waals surface area contributed by atoms with Crippen molar-refractivity contribution >= 4 is 11.4 Å². The zero-order valence-electron chi connectivity index (χ0n) is 12.9. The van der Waals surface area contributed by atoms with E-state index in [1.54, 1.807) is 0 Å². The van der Waals surface area contributed by atoms with E-state index in [1.807, 2.05) is 19.0 Å². The number of nitrogens with zero attached hydrogens (tertiary/aromatic N) is 3. The van der Waals surface area contributed by atoms with Gasteiger partial charge in [0.1, 0.15) is 12.0 Å². The Morgan fingerprint density at radius 2 is 2.08 bits per heavy atom. The van der Waals surface area contributed by atoms with Gasteiger partial charge in [0, 0.05) is 6.07 Å². The van der Waals surface area contributed by atoms with Gasteiger partial charge in [0.05, 0.1) is 29.3 Å². The Hall–Kier alpha value is -2.62. The average molecular weight is 344 g/mol. The molecule has 0 aliphatic carbocycles. The minimum Gasteiger partial charge on any atom is -0.447 e. The Morgan fingerprint density at radius 3 is 2.67 bits per heavy atom. The maximum absolute atomic E-state index is 12.7. The molecule has 2 aromatic rings. The number of anilines is 1. The van der Waals surface area contributed by atoms with Crippen molar-refractivity contribution in [2.75, 3.05) is 19.4 Å². The fraction of sp³-hybridized carbons (Fsp3) is 0.357. The van der Waals surface area contributed by atoms with E-state index < -0.39 is 22.4 Å². The van der Waals surface area contributed by atoms with Crippen LogP contribution in [0.15, 0.2) is 28.9 Å². The lowest BCUT2D eigenvalue weighted by Crippen LogP contribution is -2.11. The molecule has 0 fully saturated rings.